The van der Waals surface area contributed by atoms with Crippen LogP contribution in [0.2, 0.25) is 0 Å². The Labute approximate surface area is 222 Å². The van der Waals surface area contributed by atoms with Crippen molar-refractivity contribution in [3.63, 3.8) is 0 Å². The topological polar surface area (TPSA) is 90.6 Å². The summed E-state index contributed by atoms with van der Waals surface area (Å²) in [5.41, 5.74) is 0.786. The summed E-state index contributed by atoms with van der Waals surface area (Å²) in [6.45, 7) is -0.427. The van der Waals surface area contributed by atoms with Crippen LogP contribution >= 0.6 is 0 Å². The number of hydrogen-bond donors (Lipinski definition) is 1. The molecule has 0 saturated carbocycles. The van der Waals surface area contributed by atoms with Crippen molar-refractivity contribution in [2.45, 2.75) is 12.7 Å². The maximum atomic E-state index is 13.9. The van der Waals surface area contributed by atoms with Crippen molar-refractivity contribution >= 4 is 38.2 Å². The number of carbonyl (C=O) groups excluding carboxylic acids is 2. The molecule has 202 valence electrons. The van der Waals surface area contributed by atoms with E-state index in [4.69, 9.17) is 0 Å². The molecule has 7 nitrogen and oxygen atoms in total. The highest BCUT2D eigenvalue weighted by Gasteiger charge is 2.37. The van der Waals surface area contributed by atoms with Crippen LogP contribution in [-0.4, -0.2) is 54.7 Å². The monoisotopic (exact) mass is 555 g/mol. The lowest BCUT2D eigenvalue weighted by molar-refractivity contribution is -0.137. The highest BCUT2D eigenvalue weighted by molar-refractivity contribution is 7.91. The van der Waals surface area contributed by atoms with Crippen molar-refractivity contribution in [1.29, 1.82) is 0 Å². The number of sulfone groups is 1. The number of para-hydroxylation sites is 2. The zero-order valence-electron chi connectivity index (χ0n) is 20.6. The number of amides is 2. The molecule has 0 spiro atoms. The van der Waals surface area contributed by atoms with Crippen molar-refractivity contribution < 1.29 is 31.2 Å². The molecule has 0 unspecified atom stereocenters. The quantitative estimate of drug-likeness (QED) is 0.340. The van der Waals surface area contributed by atoms with E-state index >= 15 is 0 Å². The molecular weight excluding hydrogens is 531 g/mol. The Kier molecular flexibility index (Phi) is 6.94. The molecule has 3 aromatic carbocycles. The number of aromatic amines is 1. The number of rotatable bonds is 5. The summed E-state index contributed by atoms with van der Waals surface area (Å²) >= 11 is 0. The van der Waals surface area contributed by atoms with Crippen molar-refractivity contribution in [1.82, 2.24) is 9.88 Å². The number of benzene rings is 3. The van der Waals surface area contributed by atoms with Gasteiger partial charge in [-0.1, -0.05) is 54.6 Å². The molecule has 1 saturated heterocycles. The Bertz CT molecular complexity index is 1600. The molecule has 2 amide bonds. The van der Waals surface area contributed by atoms with Crippen molar-refractivity contribution in [3.8, 4) is 0 Å². The van der Waals surface area contributed by atoms with Crippen LogP contribution in [0.4, 0.5) is 23.7 Å². The van der Waals surface area contributed by atoms with Gasteiger partial charge in [0.15, 0.2) is 9.84 Å². The molecule has 0 radical (unpaired) electrons. The first kappa shape index (κ1) is 26.5. The number of carbonyl (C=O) groups is 2. The number of nitrogens with one attached hydrogen (secondary N) is 1. The molecular formula is C28H24F3N3O4S. The average molecular weight is 556 g/mol. The number of anilines is 1. The van der Waals surface area contributed by atoms with Crippen molar-refractivity contribution in [2.24, 2.45) is 0 Å². The predicted molar refractivity (Wildman–Crippen MR) is 141 cm³/mol. The molecule has 11 heteroatoms. The summed E-state index contributed by atoms with van der Waals surface area (Å²) in [4.78, 5) is 31.8. The Morgan fingerprint density at radius 3 is 2.21 bits per heavy atom. The number of hydrogen-bond acceptors (Lipinski definition) is 4. The zero-order chi connectivity index (χ0) is 27.8. The fourth-order valence-electron chi connectivity index (χ4n) is 4.57. The van der Waals surface area contributed by atoms with E-state index in [0.29, 0.717) is 16.8 Å². The van der Waals surface area contributed by atoms with E-state index in [0.717, 1.165) is 21.9 Å². The van der Waals surface area contributed by atoms with E-state index in [2.05, 4.69) is 4.98 Å². The largest absolute Gasteiger partial charge is 0.418 e. The maximum Gasteiger partial charge on any atom is 0.418 e. The minimum absolute atomic E-state index is 0.107. The van der Waals surface area contributed by atoms with E-state index in [1.54, 1.807) is 30.3 Å². The second-order valence-corrected chi connectivity index (χ2v) is 11.6. The number of urea groups is 1. The first-order valence-electron chi connectivity index (χ1n) is 12.2. The fourth-order valence-corrected chi connectivity index (χ4v) is 5.78. The second kappa shape index (κ2) is 10.2. The van der Waals surface area contributed by atoms with Gasteiger partial charge >= 0.3 is 12.2 Å². The fraction of sp³-hybridized carbons (Fsp3) is 0.214. The van der Waals surface area contributed by atoms with Crippen LogP contribution in [0.15, 0.2) is 78.9 Å². The molecule has 2 heterocycles. The smallest absolute Gasteiger partial charge is 0.352 e. The summed E-state index contributed by atoms with van der Waals surface area (Å²) in [5, 5.41) is 0.889. The zero-order valence-corrected chi connectivity index (χ0v) is 21.4. The summed E-state index contributed by atoms with van der Waals surface area (Å²) in [7, 11) is -3.30. The van der Waals surface area contributed by atoms with Gasteiger partial charge in [0.2, 0.25) is 5.78 Å². The number of aromatic nitrogens is 1. The molecule has 5 rings (SSSR count). The van der Waals surface area contributed by atoms with Crippen LogP contribution in [-0.2, 0) is 22.6 Å². The van der Waals surface area contributed by atoms with Gasteiger partial charge in [-0.2, -0.15) is 13.2 Å². The molecule has 0 bridgehead atoms. The first-order valence-corrected chi connectivity index (χ1v) is 14.0. The Hall–Kier alpha value is -4.12. The molecule has 1 aliphatic rings. The minimum atomic E-state index is -4.71. The summed E-state index contributed by atoms with van der Waals surface area (Å²) in [6, 6.07) is 19.6. The maximum absolute atomic E-state index is 13.9. The predicted octanol–water partition coefficient (Wildman–Crippen LogP) is 5.27. The lowest BCUT2D eigenvalue weighted by atomic mass is 10.0. The normalized spacial score (nSPS) is 15.3. The number of alkyl halides is 3. The van der Waals surface area contributed by atoms with E-state index in [1.165, 1.54) is 23.1 Å². The SMILES string of the molecule is O=C(c1ccc(CN(C(=O)N2CCS(=O)(=O)CC2)c2ccccc2C(F)(F)F)cc1)c1cc2ccccc2[nH]1. The molecule has 1 aliphatic heterocycles. The van der Waals surface area contributed by atoms with Crippen molar-refractivity contribution in [3.05, 3.63) is 101 Å². The summed E-state index contributed by atoms with van der Waals surface area (Å²) in [5.74, 6) is -0.751. The van der Waals surface area contributed by atoms with Crippen LogP contribution in [0.5, 0.6) is 0 Å². The Morgan fingerprint density at radius 2 is 1.54 bits per heavy atom. The average Bonchev–Trinajstić information content (AvgIpc) is 3.35. The van der Waals surface area contributed by atoms with Crippen LogP contribution < -0.4 is 4.90 Å². The third-order valence-corrected chi connectivity index (χ3v) is 8.29. The third kappa shape index (κ3) is 5.68. The second-order valence-electron chi connectivity index (χ2n) is 9.32. The summed E-state index contributed by atoms with van der Waals surface area (Å²) in [6.07, 6.45) is -4.71. The Morgan fingerprint density at radius 1 is 0.897 bits per heavy atom. The van der Waals surface area contributed by atoms with Gasteiger partial charge in [-0.25, -0.2) is 13.2 Å². The van der Waals surface area contributed by atoms with Gasteiger partial charge in [0.25, 0.3) is 0 Å². The van der Waals surface area contributed by atoms with Crippen LogP contribution in [0, 0.1) is 0 Å². The van der Waals surface area contributed by atoms with Crippen LogP contribution in [0.1, 0.15) is 27.2 Å². The van der Waals surface area contributed by atoms with Crippen LogP contribution in [0.25, 0.3) is 10.9 Å². The standard InChI is InChI=1S/C28H24F3N3O4S/c29-28(30,31)22-6-2-4-8-25(22)34(27(36)33-13-15-39(37,38)16-14-33)18-19-9-11-20(12-10-19)26(35)24-17-21-5-1-3-7-23(21)32-24/h1-12,17,32H,13-16,18H2. The number of nitrogens with zero attached hydrogens (tertiary/aromatic N) is 2. The molecule has 39 heavy (non-hydrogen) atoms. The van der Waals surface area contributed by atoms with Gasteiger partial charge in [0.05, 0.1) is 35.0 Å². The van der Waals surface area contributed by atoms with E-state index in [1.807, 2.05) is 24.3 Å². The third-order valence-electron chi connectivity index (χ3n) is 6.68. The van der Waals surface area contributed by atoms with Gasteiger partial charge < -0.3 is 9.88 Å². The van der Waals surface area contributed by atoms with Crippen molar-refractivity contribution in [2.75, 3.05) is 29.5 Å². The number of fused-ring (bicyclic) bond motifs is 1. The minimum Gasteiger partial charge on any atom is -0.352 e. The first-order chi connectivity index (χ1) is 18.5. The number of halogens is 3. The van der Waals surface area contributed by atoms with E-state index in [9.17, 15) is 31.2 Å². The highest BCUT2D eigenvalue weighted by Crippen LogP contribution is 2.37. The lowest BCUT2D eigenvalue weighted by Crippen LogP contribution is -2.50. The molecule has 1 fully saturated rings. The number of ketones is 1. The van der Waals surface area contributed by atoms with Gasteiger partial charge in [0, 0.05) is 29.6 Å². The number of H-pyrrole nitrogens is 1. The molecule has 0 aliphatic carbocycles. The molecule has 1 N–H and O–H groups in total. The van der Waals surface area contributed by atoms with Crippen LogP contribution in [0.3, 0.4) is 0 Å². The van der Waals surface area contributed by atoms with Gasteiger partial charge in [0.1, 0.15) is 0 Å². The van der Waals surface area contributed by atoms with Gasteiger partial charge in [-0.05, 0) is 29.8 Å². The molecule has 1 aromatic heterocycles. The molecule has 0 atom stereocenters. The highest BCUT2D eigenvalue weighted by atomic mass is 32.2. The molecule has 4 aromatic rings. The van der Waals surface area contributed by atoms with Gasteiger partial charge in [-0.15, -0.1) is 0 Å². The van der Waals surface area contributed by atoms with E-state index in [-0.39, 0.29) is 42.6 Å². The Balaban J connectivity index is 1.43. The lowest BCUT2D eigenvalue weighted by Gasteiger charge is -2.34. The van der Waals surface area contributed by atoms with Gasteiger partial charge in [-0.3, -0.25) is 9.69 Å². The summed E-state index contributed by atoms with van der Waals surface area (Å²) < 4.78 is 65.3. The van der Waals surface area contributed by atoms with E-state index < -0.39 is 27.6 Å².